The summed E-state index contributed by atoms with van der Waals surface area (Å²) in [6.45, 7) is 6.61. The fourth-order valence-electron chi connectivity index (χ4n) is 1.59. The molecule has 3 nitrogen and oxygen atoms in total. The van der Waals surface area contributed by atoms with Crippen molar-refractivity contribution >= 4 is 17.7 Å². The van der Waals surface area contributed by atoms with Crippen molar-refractivity contribution in [1.82, 2.24) is 5.32 Å². The molecule has 0 aromatic heterocycles. The van der Waals surface area contributed by atoms with Crippen LogP contribution in [0.1, 0.15) is 26.7 Å². The molecule has 0 unspecified atom stereocenters. The maximum Gasteiger partial charge on any atom is 0.225 e. The molecular formula is C12H23NO2S. The molecule has 1 saturated heterocycles. The van der Waals surface area contributed by atoms with E-state index in [1.54, 1.807) is 0 Å². The Morgan fingerprint density at radius 3 is 3.00 bits per heavy atom. The minimum atomic E-state index is 0.100. The van der Waals surface area contributed by atoms with Gasteiger partial charge in [-0.1, -0.05) is 13.8 Å². The van der Waals surface area contributed by atoms with Crippen LogP contribution in [0.5, 0.6) is 0 Å². The van der Waals surface area contributed by atoms with E-state index in [4.69, 9.17) is 4.74 Å². The Balaban J connectivity index is 1.92. The molecule has 0 saturated carbocycles. The summed E-state index contributed by atoms with van der Waals surface area (Å²) < 4.78 is 5.18. The number of amides is 1. The van der Waals surface area contributed by atoms with Crippen molar-refractivity contribution in [3.8, 4) is 0 Å². The highest BCUT2D eigenvalue weighted by molar-refractivity contribution is 7.99. The molecule has 0 aromatic rings. The van der Waals surface area contributed by atoms with Crippen LogP contribution in [0.25, 0.3) is 0 Å². The maximum absolute atomic E-state index is 11.6. The Bertz CT molecular complexity index is 203. The van der Waals surface area contributed by atoms with E-state index in [0.29, 0.717) is 6.61 Å². The van der Waals surface area contributed by atoms with Crippen molar-refractivity contribution in [3.05, 3.63) is 0 Å². The van der Waals surface area contributed by atoms with Crippen LogP contribution < -0.4 is 5.32 Å². The first kappa shape index (κ1) is 13.8. The quantitative estimate of drug-likeness (QED) is 0.696. The Kier molecular flexibility index (Phi) is 6.88. The Hall–Kier alpha value is -0.220. The number of rotatable bonds is 7. The van der Waals surface area contributed by atoms with E-state index in [1.165, 1.54) is 5.75 Å². The molecule has 1 heterocycles. The molecule has 1 rings (SSSR count). The molecule has 1 atom stereocenters. The zero-order valence-corrected chi connectivity index (χ0v) is 11.1. The van der Waals surface area contributed by atoms with Gasteiger partial charge in [0, 0.05) is 13.2 Å². The average molecular weight is 245 g/mol. The van der Waals surface area contributed by atoms with Crippen LogP contribution in [-0.4, -0.2) is 37.2 Å². The van der Waals surface area contributed by atoms with Crippen molar-refractivity contribution in [2.75, 3.05) is 31.3 Å². The lowest BCUT2D eigenvalue weighted by Crippen LogP contribution is -2.31. The third-order valence-electron chi connectivity index (χ3n) is 2.52. The van der Waals surface area contributed by atoms with E-state index in [9.17, 15) is 4.79 Å². The van der Waals surface area contributed by atoms with Crippen molar-refractivity contribution in [1.29, 1.82) is 0 Å². The first-order valence-electron chi connectivity index (χ1n) is 6.13. The average Bonchev–Trinajstić information content (AvgIpc) is 2.75. The highest BCUT2D eigenvalue weighted by Gasteiger charge is 2.22. The molecule has 0 bridgehead atoms. The van der Waals surface area contributed by atoms with Crippen LogP contribution in [-0.2, 0) is 9.53 Å². The fourth-order valence-corrected chi connectivity index (χ4v) is 2.58. The van der Waals surface area contributed by atoms with E-state index < -0.39 is 0 Å². The third kappa shape index (κ3) is 5.75. The fraction of sp³-hybridized carbons (Fsp3) is 0.917. The first-order chi connectivity index (χ1) is 7.70. The largest absolute Gasteiger partial charge is 0.381 e. The standard InChI is InChI=1S/C12H23NO2S/c1-10(2)9-16-7-3-5-13-12(14)11-4-6-15-8-11/h10-11H,3-9H2,1-2H3,(H,13,14)/t11-/m0/s1. The van der Waals surface area contributed by atoms with Crippen LogP contribution in [0.2, 0.25) is 0 Å². The monoisotopic (exact) mass is 245 g/mol. The topological polar surface area (TPSA) is 38.3 Å². The van der Waals surface area contributed by atoms with Crippen molar-refractivity contribution in [2.24, 2.45) is 11.8 Å². The van der Waals surface area contributed by atoms with Gasteiger partial charge in [0.2, 0.25) is 5.91 Å². The van der Waals surface area contributed by atoms with Gasteiger partial charge in [0.15, 0.2) is 0 Å². The molecule has 0 aromatic carbocycles. The van der Waals surface area contributed by atoms with Crippen LogP contribution >= 0.6 is 11.8 Å². The normalized spacial score (nSPS) is 20.3. The summed E-state index contributed by atoms with van der Waals surface area (Å²) >= 11 is 1.97. The molecule has 0 spiro atoms. The summed E-state index contributed by atoms with van der Waals surface area (Å²) in [5.74, 6) is 3.38. The SMILES string of the molecule is CC(C)CSCCCNC(=O)[C@H]1CCOC1. The molecule has 1 fully saturated rings. The molecule has 1 aliphatic heterocycles. The lowest BCUT2D eigenvalue weighted by molar-refractivity contribution is -0.124. The number of hydrogen-bond donors (Lipinski definition) is 1. The molecule has 0 radical (unpaired) electrons. The lowest BCUT2D eigenvalue weighted by Gasteiger charge is -2.09. The minimum absolute atomic E-state index is 0.100. The van der Waals surface area contributed by atoms with Crippen molar-refractivity contribution in [3.63, 3.8) is 0 Å². The van der Waals surface area contributed by atoms with Crippen LogP contribution in [0.15, 0.2) is 0 Å². The van der Waals surface area contributed by atoms with Gasteiger partial charge in [-0.05, 0) is 30.3 Å². The molecule has 94 valence electrons. The number of nitrogens with one attached hydrogen (secondary N) is 1. The van der Waals surface area contributed by atoms with Gasteiger partial charge >= 0.3 is 0 Å². The predicted octanol–water partition coefficient (Wildman–Crippen LogP) is 1.92. The summed E-state index contributed by atoms with van der Waals surface area (Å²) in [5, 5.41) is 2.98. The third-order valence-corrected chi connectivity index (χ3v) is 4.00. The van der Waals surface area contributed by atoms with Gasteiger partial charge in [0.05, 0.1) is 12.5 Å². The molecule has 0 aliphatic carbocycles. The van der Waals surface area contributed by atoms with E-state index in [-0.39, 0.29) is 11.8 Å². The van der Waals surface area contributed by atoms with Gasteiger partial charge in [0.25, 0.3) is 0 Å². The molecule has 1 N–H and O–H groups in total. The predicted molar refractivity (Wildman–Crippen MR) is 68.7 cm³/mol. The summed E-state index contributed by atoms with van der Waals surface area (Å²) in [7, 11) is 0. The summed E-state index contributed by atoms with van der Waals surface area (Å²) in [6.07, 6.45) is 1.95. The highest BCUT2D eigenvalue weighted by Crippen LogP contribution is 2.12. The zero-order chi connectivity index (χ0) is 11.8. The minimum Gasteiger partial charge on any atom is -0.381 e. The first-order valence-corrected chi connectivity index (χ1v) is 7.29. The number of hydrogen-bond acceptors (Lipinski definition) is 3. The second-order valence-corrected chi connectivity index (χ2v) is 5.82. The summed E-state index contributed by atoms with van der Waals surface area (Å²) in [4.78, 5) is 11.6. The van der Waals surface area contributed by atoms with Crippen LogP contribution in [0, 0.1) is 11.8 Å². The zero-order valence-electron chi connectivity index (χ0n) is 10.3. The second kappa shape index (κ2) is 7.96. The Morgan fingerprint density at radius 1 is 1.56 bits per heavy atom. The number of carbonyl (C=O) groups is 1. The lowest BCUT2D eigenvalue weighted by atomic mass is 10.1. The van der Waals surface area contributed by atoms with Crippen LogP contribution in [0.4, 0.5) is 0 Å². The summed E-state index contributed by atoms with van der Waals surface area (Å²) in [5.41, 5.74) is 0. The molecule has 1 aliphatic rings. The highest BCUT2D eigenvalue weighted by atomic mass is 32.2. The van der Waals surface area contributed by atoms with Gasteiger partial charge in [0.1, 0.15) is 0 Å². The summed E-state index contributed by atoms with van der Waals surface area (Å²) in [6, 6.07) is 0. The van der Waals surface area contributed by atoms with Gasteiger partial charge < -0.3 is 10.1 Å². The van der Waals surface area contributed by atoms with Crippen LogP contribution in [0.3, 0.4) is 0 Å². The van der Waals surface area contributed by atoms with Gasteiger partial charge in [-0.15, -0.1) is 0 Å². The number of ether oxygens (including phenoxy) is 1. The van der Waals surface area contributed by atoms with E-state index in [0.717, 1.165) is 37.7 Å². The molecule has 16 heavy (non-hydrogen) atoms. The van der Waals surface area contributed by atoms with Gasteiger partial charge in [-0.25, -0.2) is 0 Å². The number of carbonyl (C=O) groups excluding carboxylic acids is 1. The smallest absolute Gasteiger partial charge is 0.225 e. The molecule has 4 heteroatoms. The van der Waals surface area contributed by atoms with E-state index in [1.807, 2.05) is 11.8 Å². The van der Waals surface area contributed by atoms with Gasteiger partial charge in [-0.3, -0.25) is 4.79 Å². The number of thioether (sulfide) groups is 1. The Morgan fingerprint density at radius 2 is 2.38 bits per heavy atom. The maximum atomic E-state index is 11.6. The van der Waals surface area contributed by atoms with E-state index >= 15 is 0 Å². The van der Waals surface area contributed by atoms with E-state index in [2.05, 4.69) is 19.2 Å². The van der Waals surface area contributed by atoms with Gasteiger partial charge in [-0.2, -0.15) is 11.8 Å². The Labute approximate surface area is 103 Å². The molecular weight excluding hydrogens is 222 g/mol. The molecule has 1 amide bonds. The van der Waals surface area contributed by atoms with Crippen molar-refractivity contribution < 1.29 is 9.53 Å². The van der Waals surface area contributed by atoms with Crippen molar-refractivity contribution in [2.45, 2.75) is 26.7 Å². The second-order valence-electron chi connectivity index (χ2n) is 4.67.